The highest BCUT2D eigenvalue weighted by Crippen LogP contribution is 2.39. The van der Waals surface area contributed by atoms with Gasteiger partial charge in [-0.2, -0.15) is 0 Å². The molecule has 0 spiro atoms. The Bertz CT molecular complexity index is 301. The second-order valence-corrected chi connectivity index (χ2v) is 4.20. The van der Waals surface area contributed by atoms with E-state index >= 15 is 0 Å². The zero-order valence-electron chi connectivity index (χ0n) is 8.11. The maximum atomic E-state index is 11.3. The Morgan fingerprint density at radius 2 is 2.21 bits per heavy atom. The normalized spacial score (nSPS) is 37.3. The standard InChI is InChI=1S/C9H13NO4/c1-4(2)7(12)9-5(14-8(9)13)3-6(11)10-9/h4-5,7,12H,3H2,1-2H3,(H,10,11)/t5-,7-,9+/m0/s1. The molecule has 2 aliphatic heterocycles. The number of aliphatic hydroxyl groups excluding tert-OH is 1. The molecule has 2 saturated heterocycles. The number of hydrogen-bond donors (Lipinski definition) is 2. The lowest BCUT2D eigenvalue weighted by Crippen LogP contribution is -2.73. The quantitative estimate of drug-likeness (QED) is 0.570. The van der Waals surface area contributed by atoms with Crippen LogP contribution in [0.25, 0.3) is 0 Å². The maximum absolute atomic E-state index is 11.3. The summed E-state index contributed by atoms with van der Waals surface area (Å²) in [5, 5.41) is 12.4. The van der Waals surface area contributed by atoms with E-state index in [0.29, 0.717) is 0 Å². The lowest BCUT2D eigenvalue weighted by atomic mass is 9.78. The van der Waals surface area contributed by atoms with E-state index in [9.17, 15) is 14.7 Å². The van der Waals surface area contributed by atoms with Crippen molar-refractivity contribution in [3.8, 4) is 0 Å². The fraction of sp³-hybridized carbons (Fsp3) is 0.778. The van der Waals surface area contributed by atoms with Crippen molar-refractivity contribution in [1.29, 1.82) is 0 Å². The Balaban J connectivity index is 2.28. The number of rotatable bonds is 2. The summed E-state index contributed by atoms with van der Waals surface area (Å²) in [4.78, 5) is 22.5. The van der Waals surface area contributed by atoms with E-state index in [1.165, 1.54) is 0 Å². The van der Waals surface area contributed by atoms with E-state index in [1.54, 1.807) is 13.8 Å². The predicted molar refractivity (Wildman–Crippen MR) is 46.2 cm³/mol. The van der Waals surface area contributed by atoms with E-state index < -0.39 is 23.7 Å². The highest BCUT2D eigenvalue weighted by molar-refractivity contribution is 5.98. The minimum absolute atomic E-state index is 0.0937. The van der Waals surface area contributed by atoms with Crippen LogP contribution in [0.4, 0.5) is 0 Å². The van der Waals surface area contributed by atoms with Crippen molar-refractivity contribution < 1.29 is 19.4 Å². The van der Waals surface area contributed by atoms with Crippen molar-refractivity contribution in [2.75, 3.05) is 0 Å². The molecule has 2 N–H and O–H groups in total. The van der Waals surface area contributed by atoms with Gasteiger partial charge in [-0.1, -0.05) is 13.8 Å². The van der Waals surface area contributed by atoms with Crippen LogP contribution in [0.2, 0.25) is 0 Å². The van der Waals surface area contributed by atoms with Crippen LogP contribution < -0.4 is 5.32 Å². The van der Waals surface area contributed by atoms with Crippen molar-refractivity contribution in [1.82, 2.24) is 5.32 Å². The topological polar surface area (TPSA) is 75.6 Å². The Morgan fingerprint density at radius 1 is 1.57 bits per heavy atom. The largest absolute Gasteiger partial charge is 0.457 e. The number of carbonyl (C=O) groups is 2. The molecule has 2 rings (SSSR count). The minimum atomic E-state index is -1.16. The van der Waals surface area contributed by atoms with Gasteiger partial charge in [-0.3, -0.25) is 4.79 Å². The number of esters is 1. The van der Waals surface area contributed by atoms with Crippen LogP contribution in [-0.2, 0) is 14.3 Å². The van der Waals surface area contributed by atoms with Gasteiger partial charge in [0.05, 0.1) is 12.5 Å². The molecule has 0 aliphatic carbocycles. The SMILES string of the molecule is CC(C)[C@H](O)[C@]12NC(=O)C[C@@H]1OC2=O. The van der Waals surface area contributed by atoms with Crippen molar-refractivity contribution in [2.45, 2.75) is 38.0 Å². The number of ether oxygens (including phenoxy) is 1. The molecule has 0 unspecified atom stereocenters. The van der Waals surface area contributed by atoms with E-state index in [-0.39, 0.29) is 18.2 Å². The van der Waals surface area contributed by atoms with Crippen molar-refractivity contribution in [3.63, 3.8) is 0 Å². The van der Waals surface area contributed by atoms with Crippen molar-refractivity contribution >= 4 is 11.9 Å². The van der Waals surface area contributed by atoms with Gasteiger partial charge >= 0.3 is 5.97 Å². The van der Waals surface area contributed by atoms with Crippen molar-refractivity contribution in [2.24, 2.45) is 5.92 Å². The molecule has 0 aromatic heterocycles. The second-order valence-electron chi connectivity index (χ2n) is 4.20. The Morgan fingerprint density at radius 3 is 2.64 bits per heavy atom. The molecular weight excluding hydrogens is 186 g/mol. The summed E-state index contributed by atoms with van der Waals surface area (Å²) in [6, 6.07) is 0. The van der Waals surface area contributed by atoms with E-state index in [2.05, 4.69) is 5.32 Å². The van der Waals surface area contributed by atoms with Gasteiger partial charge in [-0.25, -0.2) is 4.79 Å². The molecule has 0 saturated carbocycles. The molecule has 0 aromatic carbocycles. The zero-order chi connectivity index (χ0) is 10.5. The van der Waals surface area contributed by atoms with Gasteiger partial charge in [0.25, 0.3) is 0 Å². The molecule has 3 atom stereocenters. The van der Waals surface area contributed by atoms with E-state index in [0.717, 1.165) is 0 Å². The Labute approximate surface area is 81.4 Å². The third kappa shape index (κ3) is 0.930. The van der Waals surface area contributed by atoms with Gasteiger partial charge < -0.3 is 15.2 Å². The molecule has 5 heteroatoms. The highest BCUT2D eigenvalue weighted by Gasteiger charge is 2.68. The molecule has 2 fully saturated rings. The first-order valence-electron chi connectivity index (χ1n) is 4.68. The number of aliphatic hydroxyl groups is 1. The summed E-state index contributed by atoms with van der Waals surface area (Å²) in [6.45, 7) is 3.60. The first-order chi connectivity index (χ1) is 6.48. The molecule has 14 heavy (non-hydrogen) atoms. The first-order valence-corrected chi connectivity index (χ1v) is 4.68. The summed E-state index contributed by atoms with van der Waals surface area (Å²) < 4.78 is 4.83. The van der Waals surface area contributed by atoms with Gasteiger partial charge in [0.2, 0.25) is 11.4 Å². The van der Waals surface area contributed by atoms with Crippen molar-refractivity contribution in [3.05, 3.63) is 0 Å². The van der Waals surface area contributed by atoms with E-state index in [4.69, 9.17) is 4.74 Å². The smallest absolute Gasteiger partial charge is 0.338 e. The molecule has 2 heterocycles. The first kappa shape index (κ1) is 9.45. The second kappa shape index (κ2) is 2.70. The van der Waals surface area contributed by atoms with Gasteiger partial charge in [0, 0.05) is 0 Å². The Hall–Kier alpha value is -1.10. The molecular formula is C9H13NO4. The van der Waals surface area contributed by atoms with Crippen LogP contribution in [0.1, 0.15) is 20.3 Å². The van der Waals surface area contributed by atoms with Crippen LogP contribution in [0.3, 0.4) is 0 Å². The number of nitrogens with one attached hydrogen (secondary N) is 1. The van der Waals surface area contributed by atoms with Gasteiger partial charge in [-0.15, -0.1) is 0 Å². The summed E-state index contributed by atoms with van der Waals surface area (Å²) in [5.74, 6) is -0.848. The van der Waals surface area contributed by atoms with Gasteiger partial charge in [0.1, 0.15) is 6.10 Å². The fourth-order valence-electron chi connectivity index (χ4n) is 2.09. The third-order valence-corrected chi connectivity index (χ3v) is 2.91. The predicted octanol–water partition coefficient (Wildman–Crippen LogP) is -0.813. The summed E-state index contributed by atoms with van der Waals surface area (Å²) in [5.41, 5.74) is -1.16. The number of hydrogen-bond acceptors (Lipinski definition) is 4. The maximum Gasteiger partial charge on any atom is 0.338 e. The van der Waals surface area contributed by atoms with Gasteiger partial charge in [0.15, 0.2) is 0 Å². The molecule has 78 valence electrons. The number of fused-ring (bicyclic) bond motifs is 1. The highest BCUT2D eigenvalue weighted by atomic mass is 16.6. The summed E-state index contributed by atoms with van der Waals surface area (Å²) in [7, 11) is 0. The fourth-order valence-corrected chi connectivity index (χ4v) is 2.09. The molecule has 0 bridgehead atoms. The molecule has 1 amide bonds. The lowest BCUT2D eigenvalue weighted by Gasteiger charge is -2.45. The average molecular weight is 199 g/mol. The minimum Gasteiger partial charge on any atom is -0.457 e. The monoisotopic (exact) mass is 199 g/mol. The molecule has 0 aromatic rings. The number of carbonyl (C=O) groups excluding carboxylic acids is 2. The molecule has 2 aliphatic rings. The number of amides is 1. The Kier molecular flexibility index (Phi) is 1.82. The van der Waals surface area contributed by atoms with E-state index in [1.807, 2.05) is 0 Å². The average Bonchev–Trinajstić information content (AvgIpc) is 2.37. The lowest BCUT2D eigenvalue weighted by molar-refractivity contribution is -0.202. The zero-order valence-corrected chi connectivity index (χ0v) is 8.11. The van der Waals surface area contributed by atoms with Crippen LogP contribution >= 0.6 is 0 Å². The van der Waals surface area contributed by atoms with Crippen LogP contribution in [0.5, 0.6) is 0 Å². The summed E-state index contributed by atoms with van der Waals surface area (Å²) in [6.07, 6.45) is -1.20. The summed E-state index contributed by atoms with van der Waals surface area (Å²) >= 11 is 0. The molecule has 5 nitrogen and oxygen atoms in total. The van der Waals surface area contributed by atoms with Crippen LogP contribution in [0.15, 0.2) is 0 Å². The van der Waals surface area contributed by atoms with Crippen LogP contribution in [-0.4, -0.2) is 34.7 Å². The molecule has 0 radical (unpaired) electrons. The van der Waals surface area contributed by atoms with Gasteiger partial charge in [-0.05, 0) is 5.92 Å². The van der Waals surface area contributed by atoms with Crippen LogP contribution in [0, 0.1) is 5.92 Å². The third-order valence-electron chi connectivity index (χ3n) is 2.91.